The van der Waals surface area contributed by atoms with E-state index in [1.165, 1.54) is 5.56 Å². The molecule has 0 aliphatic carbocycles. The molecule has 0 atom stereocenters. The minimum Gasteiger partial charge on any atom is -0.292 e. The number of aromatic nitrogens is 3. The lowest BCUT2D eigenvalue weighted by Crippen LogP contribution is -1.97. The maximum Gasteiger partial charge on any atom is 0.145 e. The molecule has 3 nitrogen and oxygen atoms in total. The van der Waals surface area contributed by atoms with Gasteiger partial charge in [0.25, 0.3) is 0 Å². The van der Waals surface area contributed by atoms with Crippen LogP contribution in [0.5, 0.6) is 0 Å². The number of fused-ring (bicyclic) bond motifs is 3. The van der Waals surface area contributed by atoms with Crippen LogP contribution in [0.25, 0.3) is 83.0 Å². The molecule has 0 aliphatic rings. The number of pyridine rings is 1. The number of nitrogens with zero attached hydrogens (tertiary/aromatic N) is 3. The van der Waals surface area contributed by atoms with Gasteiger partial charge in [0.1, 0.15) is 5.82 Å². The molecule has 7 aromatic carbocycles. The van der Waals surface area contributed by atoms with E-state index in [-0.39, 0.29) is 29.9 Å². The Labute approximate surface area is 280 Å². The van der Waals surface area contributed by atoms with Crippen LogP contribution in [-0.2, 0) is 0 Å². The van der Waals surface area contributed by atoms with Gasteiger partial charge < -0.3 is 0 Å². The summed E-state index contributed by atoms with van der Waals surface area (Å²) in [6.07, 6.45) is 3.70. The van der Waals surface area contributed by atoms with Gasteiger partial charge in [-0.2, -0.15) is 0 Å². The molecule has 0 saturated carbocycles. The number of benzene rings is 7. The lowest BCUT2D eigenvalue weighted by molar-refractivity contribution is 1.10. The molecule has 220 valence electrons. The number of rotatable bonds is 5. The molecule has 0 spiro atoms. The van der Waals surface area contributed by atoms with Crippen molar-refractivity contribution in [3.63, 3.8) is 0 Å². The molecular weight excluding hydrogens is 571 g/mol. The molecule has 0 amide bonds. The van der Waals surface area contributed by atoms with Crippen LogP contribution in [0.4, 0.5) is 0 Å². The largest absolute Gasteiger partial charge is 0.292 e. The average Bonchev–Trinajstić information content (AvgIpc) is 3.58. The van der Waals surface area contributed by atoms with Crippen LogP contribution in [0.2, 0.25) is 0 Å². The van der Waals surface area contributed by atoms with Crippen LogP contribution in [0.15, 0.2) is 176 Å². The highest BCUT2D eigenvalue weighted by Crippen LogP contribution is 2.46. The van der Waals surface area contributed by atoms with Gasteiger partial charge in [-0.25, -0.2) is 4.98 Å². The summed E-state index contributed by atoms with van der Waals surface area (Å²) in [5, 5.41) is 4.52. The van der Waals surface area contributed by atoms with Gasteiger partial charge >= 0.3 is 0 Å². The summed E-state index contributed by atoms with van der Waals surface area (Å²) in [7, 11) is 0. The van der Waals surface area contributed by atoms with E-state index in [1.807, 2.05) is 48.7 Å². The Morgan fingerprint density at radius 1 is 0.489 bits per heavy atom. The summed E-state index contributed by atoms with van der Waals surface area (Å²) in [6, 6.07) is 43.5. The first-order valence-corrected chi connectivity index (χ1v) is 15.5. The van der Waals surface area contributed by atoms with Crippen molar-refractivity contribution in [3.8, 4) is 50.5 Å². The Kier molecular flexibility index (Phi) is 5.32. The fraction of sp³-hybridized carbons (Fsp3) is 0. The van der Waals surface area contributed by atoms with Crippen LogP contribution in [0.1, 0.15) is 6.85 Å². The van der Waals surface area contributed by atoms with Gasteiger partial charge in [-0.05, 0) is 79.6 Å². The van der Waals surface area contributed by atoms with Crippen molar-refractivity contribution in [1.82, 2.24) is 14.5 Å². The molecule has 3 heteroatoms. The zero-order valence-corrected chi connectivity index (χ0v) is 25.2. The van der Waals surface area contributed by atoms with E-state index in [0.29, 0.717) is 16.9 Å². The highest BCUT2D eigenvalue weighted by atomic mass is 15.1. The second-order valence-electron chi connectivity index (χ2n) is 11.4. The molecule has 0 fully saturated rings. The fourth-order valence-electron chi connectivity index (χ4n) is 6.79. The summed E-state index contributed by atoms with van der Waals surface area (Å²) >= 11 is 0. The molecule has 0 N–H and O–H groups in total. The molecule has 9 aromatic rings. The number of imidazole rings is 1. The minimum atomic E-state index is -0.430. The standard InChI is InChI=1S/C44H29N3/c1-2-14-33(15-3-1)47-41-23-11-10-22-40(41)46-44(47)31-26-24-30(25-27-31)42-36-18-6-8-20-38(36)43(39-21-9-7-19-37(39)42)35-17-5-4-16-34(35)32-13-12-28-45-29-32/h1-29H/i1D,2D,3D,14D,15D. The van der Waals surface area contributed by atoms with Crippen LogP contribution in [-0.4, -0.2) is 14.5 Å². The van der Waals surface area contributed by atoms with Crippen molar-refractivity contribution < 1.29 is 6.85 Å². The SMILES string of the molecule is [2H]c1c([2H])c([2H])c(-n2c(-c3ccc(-c4c5ccccc5c(-c5ccccc5-c5cccnc5)c5ccccc45)cc3)nc3ccccc32)c([2H])c1[2H]. The van der Waals surface area contributed by atoms with Gasteiger partial charge in [-0.3, -0.25) is 9.55 Å². The van der Waals surface area contributed by atoms with E-state index in [4.69, 9.17) is 11.8 Å². The molecule has 0 aliphatic heterocycles. The fourth-order valence-corrected chi connectivity index (χ4v) is 6.79. The Balaban J connectivity index is 1.26. The molecule has 2 aromatic heterocycles. The van der Waals surface area contributed by atoms with Crippen molar-refractivity contribution >= 4 is 32.6 Å². The molecular formula is C44H29N3. The van der Waals surface area contributed by atoms with Crippen molar-refractivity contribution in [2.45, 2.75) is 0 Å². The van der Waals surface area contributed by atoms with Gasteiger partial charge in [-0.15, -0.1) is 0 Å². The zero-order chi connectivity index (χ0) is 35.5. The second kappa shape index (κ2) is 11.2. The first kappa shape index (κ1) is 22.2. The molecule has 0 unspecified atom stereocenters. The monoisotopic (exact) mass is 604 g/mol. The van der Waals surface area contributed by atoms with Gasteiger partial charge in [0, 0.05) is 29.2 Å². The van der Waals surface area contributed by atoms with Crippen molar-refractivity contribution in [1.29, 1.82) is 0 Å². The van der Waals surface area contributed by atoms with Gasteiger partial charge in [0.2, 0.25) is 0 Å². The topological polar surface area (TPSA) is 30.7 Å². The molecule has 0 saturated heterocycles. The Bertz CT molecular complexity index is 2760. The summed E-state index contributed by atoms with van der Waals surface area (Å²) in [5.41, 5.74) is 8.74. The van der Waals surface area contributed by atoms with Crippen molar-refractivity contribution in [2.75, 3.05) is 0 Å². The Morgan fingerprint density at radius 3 is 1.77 bits per heavy atom. The second-order valence-corrected chi connectivity index (χ2v) is 11.4. The Hall–Kier alpha value is -6.32. The minimum absolute atomic E-state index is 0.0675. The van der Waals surface area contributed by atoms with Crippen LogP contribution < -0.4 is 0 Å². The van der Waals surface area contributed by atoms with Crippen molar-refractivity contribution in [3.05, 3.63) is 176 Å². The zero-order valence-electron chi connectivity index (χ0n) is 30.2. The summed E-state index contributed by atoms with van der Waals surface area (Å²) in [4.78, 5) is 9.34. The highest BCUT2D eigenvalue weighted by Gasteiger charge is 2.19. The predicted molar refractivity (Wildman–Crippen MR) is 196 cm³/mol. The smallest absolute Gasteiger partial charge is 0.145 e. The van der Waals surface area contributed by atoms with E-state index in [2.05, 4.69) is 96.0 Å². The quantitative estimate of drug-likeness (QED) is 0.183. The van der Waals surface area contributed by atoms with E-state index >= 15 is 0 Å². The van der Waals surface area contributed by atoms with Gasteiger partial charge in [0.15, 0.2) is 0 Å². The molecule has 0 bridgehead atoms. The first-order valence-electron chi connectivity index (χ1n) is 18.0. The highest BCUT2D eigenvalue weighted by molar-refractivity contribution is 6.22. The third-order valence-corrected chi connectivity index (χ3v) is 8.80. The van der Waals surface area contributed by atoms with Gasteiger partial charge in [0.05, 0.1) is 17.9 Å². The number of para-hydroxylation sites is 3. The normalized spacial score (nSPS) is 12.9. The van der Waals surface area contributed by atoms with Gasteiger partial charge in [-0.1, -0.05) is 133 Å². The maximum absolute atomic E-state index is 8.76. The predicted octanol–water partition coefficient (Wildman–Crippen LogP) is 11.4. The molecule has 0 radical (unpaired) electrons. The number of hydrogen-bond donors (Lipinski definition) is 0. The first-order chi connectivity index (χ1) is 25.4. The van der Waals surface area contributed by atoms with E-state index in [9.17, 15) is 0 Å². The lowest BCUT2D eigenvalue weighted by Gasteiger charge is -2.19. The maximum atomic E-state index is 8.76. The summed E-state index contributed by atoms with van der Waals surface area (Å²) in [5.74, 6) is 0.489. The third-order valence-electron chi connectivity index (χ3n) is 8.80. The van der Waals surface area contributed by atoms with Crippen LogP contribution in [0.3, 0.4) is 0 Å². The molecule has 9 rings (SSSR count). The lowest BCUT2D eigenvalue weighted by atomic mass is 9.84. The van der Waals surface area contributed by atoms with E-state index in [1.54, 1.807) is 10.8 Å². The van der Waals surface area contributed by atoms with E-state index in [0.717, 1.165) is 54.9 Å². The number of hydrogen-bond acceptors (Lipinski definition) is 2. The molecule has 47 heavy (non-hydrogen) atoms. The summed E-state index contributed by atoms with van der Waals surface area (Å²) in [6.45, 7) is 0. The van der Waals surface area contributed by atoms with Crippen molar-refractivity contribution in [2.24, 2.45) is 0 Å². The average molecular weight is 605 g/mol. The molecule has 2 heterocycles. The van der Waals surface area contributed by atoms with Crippen LogP contribution >= 0.6 is 0 Å². The summed E-state index contributed by atoms with van der Waals surface area (Å²) < 4.78 is 44.1. The van der Waals surface area contributed by atoms with E-state index < -0.39 is 6.04 Å². The third kappa shape index (κ3) is 4.52. The Morgan fingerprint density at radius 2 is 1.09 bits per heavy atom. The van der Waals surface area contributed by atoms with Crippen LogP contribution in [0, 0.1) is 0 Å².